The molecule has 39 heavy (non-hydrogen) atoms. The number of fused-ring (bicyclic) bond motifs is 3. The van der Waals surface area contributed by atoms with Crippen molar-refractivity contribution in [2.75, 3.05) is 20.7 Å². The van der Waals surface area contributed by atoms with E-state index in [0.717, 1.165) is 12.5 Å². The summed E-state index contributed by atoms with van der Waals surface area (Å²) >= 11 is 0. The molecule has 0 amide bonds. The fraction of sp³-hybridized carbons (Fsp3) is 0.367. The van der Waals surface area contributed by atoms with E-state index in [1.807, 2.05) is 31.2 Å². The Kier molecular flexibility index (Phi) is 6.39. The molecule has 0 saturated carbocycles. The number of hydrogen-bond donors (Lipinski definition) is 4. The molecule has 3 aliphatic carbocycles. The van der Waals surface area contributed by atoms with Crippen LogP contribution in [0.5, 0.6) is 11.5 Å². The molecule has 9 heteroatoms. The molecule has 0 spiro atoms. The minimum atomic E-state index is -2.59. The van der Waals surface area contributed by atoms with Gasteiger partial charge in [0.05, 0.1) is 18.2 Å². The second-order valence-electron chi connectivity index (χ2n) is 10.6. The number of ether oxygens (including phenoxy) is 1. The minimum Gasteiger partial charge on any atom is -0.510 e. The third-order valence-corrected chi connectivity index (χ3v) is 8.19. The molecule has 0 radical (unpaired) electrons. The lowest BCUT2D eigenvalue weighted by Gasteiger charge is -2.50. The number of aliphatic hydroxyl groups is 3. The molecular weight excluding hydrogens is 502 g/mol. The molecule has 4 N–H and O–H groups in total. The molecule has 0 aliphatic heterocycles. The smallest absolute Gasteiger partial charge is 0.209 e. The number of hydrogen-bond acceptors (Lipinski definition) is 9. The standard InChI is InChI=1S/C30H31NO8/c1-5-39-21-9-7-6-8-17(21)16-10-11-20(33)24-18(16)12-15-13-19-25(31(3)4)27(35)22(14(2)32)28(36)30(19,38)29(37)23(15)26(24)34/h6-11,15,19,25,33,35,37-38H,5,12-13H2,1-4H3/t15-,19-,25-,30+/m0/s1. The highest BCUT2D eigenvalue weighted by Crippen LogP contribution is 2.53. The molecule has 0 heterocycles. The summed E-state index contributed by atoms with van der Waals surface area (Å²) in [5, 5.41) is 45.0. The number of aromatic hydroxyl groups is 1. The molecule has 4 atom stereocenters. The van der Waals surface area contributed by atoms with E-state index < -0.39 is 57.9 Å². The molecule has 0 saturated heterocycles. The van der Waals surface area contributed by atoms with Crippen LogP contribution in [0.2, 0.25) is 0 Å². The highest BCUT2D eigenvalue weighted by molar-refractivity contribution is 6.25. The number of allylic oxidation sites excluding steroid dienone is 1. The van der Waals surface area contributed by atoms with Gasteiger partial charge in [0.15, 0.2) is 17.2 Å². The Morgan fingerprint density at radius 1 is 1.08 bits per heavy atom. The van der Waals surface area contributed by atoms with Gasteiger partial charge in [-0.3, -0.25) is 19.3 Å². The fourth-order valence-electron chi connectivity index (χ4n) is 6.58. The first kappa shape index (κ1) is 26.6. The quantitative estimate of drug-likeness (QED) is 0.426. The molecule has 2 aromatic carbocycles. The average molecular weight is 534 g/mol. The van der Waals surface area contributed by atoms with Crippen LogP contribution in [0, 0.1) is 11.8 Å². The number of Topliss-reactive ketones (excluding diaryl/α,β-unsaturated/α-hetero) is 3. The van der Waals surface area contributed by atoms with Crippen LogP contribution in [-0.2, 0) is 16.0 Å². The van der Waals surface area contributed by atoms with E-state index in [1.165, 1.54) is 6.07 Å². The SMILES string of the molecule is CCOc1ccccc1-c1ccc(O)c2c1C[C@H]1C[C@H]3[C@H](N(C)C)C(O)=C(C(C)=O)C(=O)[C@@]3(O)C(O)=C1C2=O. The summed E-state index contributed by atoms with van der Waals surface area (Å²) < 4.78 is 5.81. The Balaban J connectivity index is 1.72. The van der Waals surface area contributed by atoms with Gasteiger partial charge in [0.2, 0.25) is 5.78 Å². The van der Waals surface area contributed by atoms with E-state index >= 15 is 0 Å². The molecule has 0 fully saturated rings. The summed E-state index contributed by atoms with van der Waals surface area (Å²) in [7, 11) is 3.26. The van der Waals surface area contributed by atoms with Crippen LogP contribution < -0.4 is 4.74 Å². The minimum absolute atomic E-state index is 0.0174. The van der Waals surface area contributed by atoms with Crippen molar-refractivity contribution in [1.82, 2.24) is 4.90 Å². The van der Waals surface area contributed by atoms with Gasteiger partial charge in [-0.05, 0) is 70.0 Å². The number of phenols is 1. The maximum absolute atomic E-state index is 13.9. The second kappa shape index (κ2) is 9.36. The summed E-state index contributed by atoms with van der Waals surface area (Å²) in [6, 6.07) is 9.51. The number of nitrogens with zero attached hydrogens (tertiary/aromatic N) is 1. The zero-order valence-corrected chi connectivity index (χ0v) is 22.2. The second-order valence-corrected chi connectivity index (χ2v) is 10.6. The highest BCUT2D eigenvalue weighted by Gasteiger charge is 2.63. The molecule has 3 aliphatic rings. The number of likely N-dealkylation sites (N-methyl/N-ethyl adjacent to an activating group) is 1. The lowest BCUT2D eigenvalue weighted by atomic mass is 9.58. The van der Waals surface area contributed by atoms with E-state index in [1.54, 1.807) is 25.1 Å². The van der Waals surface area contributed by atoms with E-state index in [9.17, 15) is 34.8 Å². The van der Waals surface area contributed by atoms with Crippen molar-refractivity contribution in [2.45, 2.75) is 38.3 Å². The van der Waals surface area contributed by atoms with Crippen LogP contribution >= 0.6 is 0 Å². The zero-order valence-electron chi connectivity index (χ0n) is 22.2. The predicted molar refractivity (Wildman–Crippen MR) is 142 cm³/mol. The van der Waals surface area contributed by atoms with Crippen LogP contribution in [0.15, 0.2) is 59.1 Å². The molecule has 9 nitrogen and oxygen atoms in total. The molecular formula is C30H31NO8. The summed E-state index contributed by atoms with van der Waals surface area (Å²) in [6.45, 7) is 3.39. The van der Waals surface area contributed by atoms with Crippen LogP contribution in [0.1, 0.15) is 36.2 Å². The van der Waals surface area contributed by atoms with Crippen molar-refractivity contribution in [1.29, 1.82) is 0 Å². The molecule has 0 aromatic heterocycles. The lowest BCUT2D eigenvalue weighted by molar-refractivity contribution is -0.148. The van der Waals surface area contributed by atoms with Gasteiger partial charge in [-0.15, -0.1) is 0 Å². The number of benzene rings is 2. The first-order valence-electron chi connectivity index (χ1n) is 12.9. The monoisotopic (exact) mass is 533 g/mol. The molecule has 5 rings (SSSR count). The fourth-order valence-corrected chi connectivity index (χ4v) is 6.58. The summed E-state index contributed by atoms with van der Waals surface area (Å²) in [5.41, 5.74) is -1.39. The molecule has 0 unspecified atom stereocenters. The van der Waals surface area contributed by atoms with Gasteiger partial charge in [-0.25, -0.2) is 0 Å². The number of carbonyl (C=O) groups is 3. The van der Waals surface area contributed by atoms with E-state index in [2.05, 4.69) is 0 Å². The van der Waals surface area contributed by atoms with Gasteiger partial charge in [0, 0.05) is 17.1 Å². The number of aliphatic hydroxyl groups excluding tert-OH is 2. The van der Waals surface area contributed by atoms with Crippen molar-refractivity contribution in [2.24, 2.45) is 11.8 Å². The van der Waals surface area contributed by atoms with Crippen molar-refractivity contribution in [3.05, 3.63) is 70.2 Å². The highest BCUT2D eigenvalue weighted by atomic mass is 16.5. The Bertz CT molecular complexity index is 1490. The van der Waals surface area contributed by atoms with Gasteiger partial charge in [0.25, 0.3) is 0 Å². The molecule has 0 bridgehead atoms. The molecule has 204 valence electrons. The van der Waals surface area contributed by atoms with Crippen LogP contribution in [0.3, 0.4) is 0 Å². The first-order valence-corrected chi connectivity index (χ1v) is 12.9. The number of ketones is 3. The number of phenolic OH excluding ortho intramolecular Hbond substituents is 1. The normalized spacial score (nSPS) is 26.4. The third-order valence-electron chi connectivity index (χ3n) is 8.19. The maximum atomic E-state index is 13.9. The average Bonchev–Trinajstić information content (AvgIpc) is 2.87. The summed E-state index contributed by atoms with van der Waals surface area (Å²) in [6.07, 6.45) is 0.280. The zero-order chi connectivity index (χ0) is 28.4. The van der Waals surface area contributed by atoms with Gasteiger partial charge in [0.1, 0.15) is 28.6 Å². The van der Waals surface area contributed by atoms with Crippen LogP contribution in [0.25, 0.3) is 11.1 Å². The van der Waals surface area contributed by atoms with Gasteiger partial charge < -0.3 is 25.2 Å². The number of rotatable bonds is 5. The van der Waals surface area contributed by atoms with Gasteiger partial charge >= 0.3 is 0 Å². The Morgan fingerprint density at radius 3 is 2.41 bits per heavy atom. The third kappa shape index (κ3) is 3.71. The van der Waals surface area contributed by atoms with Crippen molar-refractivity contribution in [3.63, 3.8) is 0 Å². The Hall–Kier alpha value is -3.95. The van der Waals surface area contributed by atoms with Crippen LogP contribution in [-0.4, -0.2) is 75.0 Å². The van der Waals surface area contributed by atoms with Crippen molar-refractivity contribution in [3.8, 4) is 22.6 Å². The maximum Gasteiger partial charge on any atom is 0.209 e. The number of para-hydroxylation sites is 1. The summed E-state index contributed by atoms with van der Waals surface area (Å²) in [4.78, 5) is 41.3. The Morgan fingerprint density at radius 2 is 1.77 bits per heavy atom. The largest absolute Gasteiger partial charge is 0.510 e. The van der Waals surface area contributed by atoms with Gasteiger partial charge in [-0.1, -0.05) is 24.3 Å². The van der Waals surface area contributed by atoms with E-state index in [0.29, 0.717) is 23.5 Å². The van der Waals surface area contributed by atoms with E-state index in [4.69, 9.17) is 4.74 Å². The number of carbonyl (C=O) groups excluding carboxylic acids is 3. The van der Waals surface area contributed by atoms with E-state index in [-0.39, 0.29) is 29.7 Å². The predicted octanol–water partition coefficient (Wildman–Crippen LogP) is 3.29. The Labute approximate surface area is 225 Å². The lowest BCUT2D eigenvalue weighted by Crippen LogP contribution is -2.63. The van der Waals surface area contributed by atoms with Crippen molar-refractivity contribution >= 4 is 17.3 Å². The van der Waals surface area contributed by atoms with Gasteiger partial charge in [-0.2, -0.15) is 0 Å². The first-order chi connectivity index (χ1) is 18.4. The van der Waals surface area contributed by atoms with Crippen molar-refractivity contribution < 1.29 is 39.5 Å². The molecule has 2 aromatic rings. The van der Waals surface area contributed by atoms with Crippen LogP contribution in [0.4, 0.5) is 0 Å². The topological polar surface area (TPSA) is 145 Å². The summed E-state index contributed by atoms with van der Waals surface area (Å²) in [5.74, 6) is -5.23.